The van der Waals surface area contributed by atoms with Crippen LogP contribution in [0.25, 0.3) is 0 Å². The second kappa shape index (κ2) is 7.99. The molecular formula is C17H19N3O3. The fourth-order valence-electron chi connectivity index (χ4n) is 1.89. The number of aryl methyl sites for hydroxylation is 3. The van der Waals surface area contributed by atoms with E-state index in [-0.39, 0.29) is 25.5 Å². The largest absolute Gasteiger partial charge is 0.479 e. The third-order valence-electron chi connectivity index (χ3n) is 3.21. The highest BCUT2D eigenvalue weighted by molar-refractivity contribution is 5.79. The van der Waals surface area contributed by atoms with E-state index in [0.29, 0.717) is 11.5 Å². The van der Waals surface area contributed by atoms with Gasteiger partial charge in [0.15, 0.2) is 0 Å². The summed E-state index contributed by atoms with van der Waals surface area (Å²) in [5.41, 5.74) is 2.50. The third-order valence-corrected chi connectivity index (χ3v) is 3.21. The van der Waals surface area contributed by atoms with Gasteiger partial charge in [0, 0.05) is 11.3 Å². The van der Waals surface area contributed by atoms with Crippen molar-refractivity contribution in [2.45, 2.75) is 27.2 Å². The summed E-state index contributed by atoms with van der Waals surface area (Å²) in [5.74, 6) is 6.91. The summed E-state index contributed by atoms with van der Waals surface area (Å²) in [7, 11) is 0. The first-order valence-corrected chi connectivity index (χ1v) is 7.26. The Morgan fingerprint density at radius 3 is 2.78 bits per heavy atom. The van der Waals surface area contributed by atoms with Crippen molar-refractivity contribution < 1.29 is 14.1 Å². The van der Waals surface area contributed by atoms with E-state index in [4.69, 9.17) is 9.26 Å². The number of rotatable bonds is 5. The molecule has 0 atom stereocenters. The molecule has 0 unspecified atom stereocenters. The molecule has 0 spiro atoms. The summed E-state index contributed by atoms with van der Waals surface area (Å²) in [6, 6.07) is 3.72. The van der Waals surface area contributed by atoms with E-state index in [0.717, 1.165) is 17.0 Å². The fraction of sp³-hybridized carbons (Fsp3) is 0.353. The van der Waals surface area contributed by atoms with Crippen molar-refractivity contribution in [3.8, 4) is 17.6 Å². The van der Waals surface area contributed by atoms with Gasteiger partial charge in [-0.3, -0.25) is 9.78 Å². The van der Waals surface area contributed by atoms with Crippen LogP contribution in [-0.4, -0.2) is 29.2 Å². The van der Waals surface area contributed by atoms with Gasteiger partial charge in [-0.2, -0.15) is 0 Å². The first-order valence-electron chi connectivity index (χ1n) is 7.26. The van der Waals surface area contributed by atoms with Crippen LogP contribution < -0.4 is 10.1 Å². The summed E-state index contributed by atoms with van der Waals surface area (Å²) in [4.78, 5) is 15.9. The van der Waals surface area contributed by atoms with Crippen LogP contribution >= 0.6 is 0 Å². The minimum absolute atomic E-state index is 0.114. The van der Waals surface area contributed by atoms with E-state index in [1.54, 1.807) is 13.1 Å². The summed E-state index contributed by atoms with van der Waals surface area (Å²) in [6.07, 6.45) is 1.90. The molecule has 6 heteroatoms. The number of hydrogen-bond acceptors (Lipinski definition) is 5. The molecule has 2 aromatic rings. The molecule has 0 bridgehead atoms. The van der Waals surface area contributed by atoms with Gasteiger partial charge in [-0.1, -0.05) is 17.0 Å². The molecule has 0 fully saturated rings. The van der Waals surface area contributed by atoms with Crippen molar-refractivity contribution in [1.82, 2.24) is 15.5 Å². The Labute approximate surface area is 135 Å². The summed E-state index contributed by atoms with van der Waals surface area (Å²) < 4.78 is 10.4. The summed E-state index contributed by atoms with van der Waals surface area (Å²) >= 11 is 0. The average Bonchev–Trinajstić information content (AvgIpc) is 2.84. The molecule has 0 saturated heterocycles. The van der Waals surface area contributed by atoms with Gasteiger partial charge in [-0.25, -0.2) is 0 Å². The van der Waals surface area contributed by atoms with Crippen LogP contribution in [0.4, 0.5) is 0 Å². The van der Waals surface area contributed by atoms with E-state index in [1.165, 1.54) is 0 Å². The lowest BCUT2D eigenvalue weighted by Gasteiger charge is -2.01. The quantitative estimate of drug-likeness (QED) is 0.851. The van der Waals surface area contributed by atoms with Crippen LogP contribution in [-0.2, 0) is 11.2 Å². The van der Waals surface area contributed by atoms with E-state index in [9.17, 15) is 4.79 Å². The SMILES string of the molecule is Cc1ccc(OCC#CCNC(=O)Cc2c(C)noc2C)cn1. The van der Waals surface area contributed by atoms with Crippen LogP contribution in [0, 0.1) is 32.6 Å². The predicted octanol–water partition coefficient (Wildman–Crippen LogP) is 1.74. The Hall–Kier alpha value is -2.81. The minimum atomic E-state index is -0.114. The number of carbonyl (C=O) groups is 1. The van der Waals surface area contributed by atoms with Gasteiger partial charge < -0.3 is 14.6 Å². The van der Waals surface area contributed by atoms with Crippen LogP contribution in [0.15, 0.2) is 22.9 Å². The molecule has 0 saturated carbocycles. The van der Waals surface area contributed by atoms with Crippen molar-refractivity contribution in [1.29, 1.82) is 0 Å². The molecule has 0 aliphatic rings. The van der Waals surface area contributed by atoms with Crippen LogP contribution in [0.1, 0.15) is 22.7 Å². The molecule has 23 heavy (non-hydrogen) atoms. The maximum Gasteiger partial charge on any atom is 0.225 e. The van der Waals surface area contributed by atoms with E-state index >= 15 is 0 Å². The number of ether oxygens (including phenoxy) is 1. The number of nitrogens with one attached hydrogen (secondary N) is 1. The van der Waals surface area contributed by atoms with Crippen molar-refractivity contribution in [2.75, 3.05) is 13.2 Å². The Kier molecular flexibility index (Phi) is 5.75. The van der Waals surface area contributed by atoms with Gasteiger partial charge in [0.05, 0.1) is 24.9 Å². The lowest BCUT2D eigenvalue weighted by molar-refractivity contribution is -0.120. The van der Waals surface area contributed by atoms with Crippen molar-refractivity contribution in [2.24, 2.45) is 0 Å². The van der Waals surface area contributed by atoms with Gasteiger partial charge in [0.2, 0.25) is 5.91 Å². The molecule has 6 nitrogen and oxygen atoms in total. The van der Waals surface area contributed by atoms with E-state index < -0.39 is 0 Å². The Balaban J connectivity index is 1.69. The highest BCUT2D eigenvalue weighted by atomic mass is 16.5. The van der Waals surface area contributed by atoms with Gasteiger partial charge in [-0.05, 0) is 32.9 Å². The second-order valence-corrected chi connectivity index (χ2v) is 5.03. The topological polar surface area (TPSA) is 77.2 Å². The van der Waals surface area contributed by atoms with Gasteiger partial charge in [0.25, 0.3) is 0 Å². The summed E-state index contributed by atoms with van der Waals surface area (Å²) in [6.45, 7) is 6.05. The second-order valence-electron chi connectivity index (χ2n) is 5.03. The van der Waals surface area contributed by atoms with Gasteiger partial charge >= 0.3 is 0 Å². The van der Waals surface area contributed by atoms with E-state index in [2.05, 4.69) is 27.3 Å². The zero-order valence-electron chi connectivity index (χ0n) is 13.5. The van der Waals surface area contributed by atoms with Gasteiger partial charge in [0.1, 0.15) is 18.1 Å². The summed E-state index contributed by atoms with van der Waals surface area (Å²) in [5, 5.41) is 6.55. The standard InChI is InChI=1S/C17H19N3O3/c1-12-6-7-15(11-19-12)22-9-5-4-8-18-17(21)10-16-13(2)20-23-14(16)3/h6-7,11H,8-10H2,1-3H3,(H,18,21). The monoisotopic (exact) mass is 313 g/mol. The Morgan fingerprint density at radius 2 is 2.13 bits per heavy atom. The first-order chi connectivity index (χ1) is 11.1. The smallest absolute Gasteiger partial charge is 0.225 e. The fourth-order valence-corrected chi connectivity index (χ4v) is 1.89. The predicted molar refractivity (Wildman–Crippen MR) is 84.9 cm³/mol. The normalized spacial score (nSPS) is 9.87. The number of pyridine rings is 1. The van der Waals surface area contributed by atoms with Gasteiger partial charge in [-0.15, -0.1) is 0 Å². The van der Waals surface area contributed by atoms with Crippen molar-refractivity contribution >= 4 is 5.91 Å². The number of amides is 1. The molecule has 0 radical (unpaired) electrons. The van der Waals surface area contributed by atoms with E-state index in [1.807, 2.05) is 26.0 Å². The average molecular weight is 313 g/mol. The maximum absolute atomic E-state index is 11.8. The number of hydrogen-bond donors (Lipinski definition) is 1. The number of nitrogens with zero attached hydrogens (tertiary/aromatic N) is 2. The molecule has 0 aliphatic carbocycles. The first kappa shape index (κ1) is 16.6. The Morgan fingerprint density at radius 1 is 1.30 bits per heavy atom. The molecule has 1 N–H and O–H groups in total. The van der Waals surface area contributed by atoms with Crippen molar-refractivity contribution in [3.05, 3.63) is 41.0 Å². The molecule has 2 rings (SSSR count). The van der Waals surface area contributed by atoms with Crippen LogP contribution in [0.3, 0.4) is 0 Å². The maximum atomic E-state index is 11.8. The highest BCUT2D eigenvalue weighted by Crippen LogP contribution is 2.12. The number of carbonyl (C=O) groups excluding carboxylic acids is 1. The van der Waals surface area contributed by atoms with Crippen molar-refractivity contribution in [3.63, 3.8) is 0 Å². The zero-order chi connectivity index (χ0) is 16.7. The molecule has 2 aromatic heterocycles. The lowest BCUT2D eigenvalue weighted by atomic mass is 10.1. The van der Waals surface area contributed by atoms with Crippen LogP contribution in [0.5, 0.6) is 5.75 Å². The molecule has 0 aliphatic heterocycles. The van der Waals surface area contributed by atoms with Crippen LogP contribution in [0.2, 0.25) is 0 Å². The molecule has 0 aromatic carbocycles. The third kappa shape index (κ3) is 5.15. The molecule has 2 heterocycles. The molecule has 1 amide bonds. The number of aromatic nitrogens is 2. The molecular weight excluding hydrogens is 294 g/mol. The Bertz CT molecular complexity index is 704. The zero-order valence-corrected chi connectivity index (χ0v) is 13.5. The minimum Gasteiger partial charge on any atom is -0.479 e. The highest BCUT2D eigenvalue weighted by Gasteiger charge is 2.12. The molecule has 120 valence electrons. The lowest BCUT2D eigenvalue weighted by Crippen LogP contribution is -2.25.